The van der Waals surface area contributed by atoms with Crippen molar-refractivity contribution in [1.29, 1.82) is 0 Å². The van der Waals surface area contributed by atoms with E-state index in [1.54, 1.807) is 18.2 Å². The molecule has 2 aromatic heterocycles. The zero-order valence-electron chi connectivity index (χ0n) is 15.4. The molecule has 1 unspecified atom stereocenters. The first-order chi connectivity index (χ1) is 13.4. The van der Waals surface area contributed by atoms with Crippen molar-refractivity contribution in [3.63, 3.8) is 0 Å². The van der Waals surface area contributed by atoms with Crippen molar-refractivity contribution >= 4 is 22.6 Å². The minimum atomic E-state index is -1.08. The minimum Gasteiger partial charge on any atom is -0.390 e. The first-order valence-electron chi connectivity index (χ1n) is 9.23. The summed E-state index contributed by atoms with van der Waals surface area (Å²) in [4.78, 5) is 8.53. The van der Waals surface area contributed by atoms with Gasteiger partial charge >= 0.3 is 0 Å². The van der Waals surface area contributed by atoms with Gasteiger partial charge in [0.15, 0.2) is 0 Å². The van der Waals surface area contributed by atoms with E-state index in [1.807, 2.05) is 23.8 Å². The first-order valence-corrected chi connectivity index (χ1v) is 9.61. The fourth-order valence-corrected chi connectivity index (χ4v) is 4.46. The lowest BCUT2D eigenvalue weighted by atomic mass is 9.89. The number of aromatic nitrogens is 3. The largest absolute Gasteiger partial charge is 0.390 e. The number of aliphatic hydroxyl groups is 3. The average molecular weight is 403 g/mol. The van der Waals surface area contributed by atoms with E-state index >= 15 is 0 Å². The predicted octanol–water partition coefficient (Wildman–Crippen LogP) is 1.87. The van der Waals surface area contributed by atoms with Gasteiger partial charge in [0.25, 0.3) is 0 Å². The molecule has 148 valence electrons. The Hall–Kier alpha value is -2.03. The van der Waals surface area contributed by atoms with Crippen LogP contribution in [0, 0.1) is 12.8 Å². The van der Waals surface area contributed by atoms with E-state index in [4.69, 9.17) is 17.3 Å². The summed E-state index contributed by atoms with van der Waals surface area (Å²) in [6.07, 6.45) is 0.641. The predicted molar refractivity (Wildman–Crippen MR) is 106 cm³/mol. The molecule has 1 saturated carbocycles. The van der Waals surface area contributed by atoms with E-state index in [9.17, 15) is 15.3 Å². The molecule has 0 bridgehead atoms. The monoisotopic (exact) mass is 402 g/mol. The van der Waals surface area contributed by atoms with Crippen LogP contribution in [0.3, 0.4) is 0 Å². The Morgan fingerprint density at radius 1 is 1.25 bits per heavy atom. The molecular formula is C20H23ClN4O3. The van der Waals surface area contributed by atoms with Gasteiger partial charge in [-0.2, -0.15) is 0 Å². The standard InChI is InChI=1S/C20H23ClN4O3/c1-10-13-4-5-25(20(13)24-9-23-10)16-7-15(18(27)19(16)28)17(26)14-3-2-12(21)6-11(14)8-22/h2-6,9,15-19,26-28H,7-8,22H2,1H3/t15-,16-,17?,18-,19+/m1/s1. The molecule has 8 heteroatoms. The fraction of sp³-hybridized carbons (Fsp3) is 0.400. The molecule has 7 nitrogen and oxygen atoms in total. The number of aliphatic hydroxyl groups excluding tert-OH is 3. The Morgan fingerprint density at radius 2 is 2.04 bits per heavy atom. The smallest absolute Gasteiger partial charge is 0.143 e. The molecule has 4 rings (SSSR count). The van der Waals surface area contributed by atoms with E-state index in [0.29, 0.717) is 22.7 Å². The van der Waals surface area contributed by atoms with Crippen LogP contribution in [0.25, 0.3) is 11.0 Å². The third-order valence-electron chi connectivity index (χ3n) is 5.81. The van der Waals surface area contributed by atoms with Gasteiger partial charge in [0.1, 0.15) is 18.1 Å². The molecule has 2 heterocycles. The fourth-order valence-electron chi connectivity index (χ4n) is 4.27. The van der Waals surface area contributed by atoms with Crippen molar-refractivity contribution in [3.05, 3.63) is 58.6 Å². The van der Waals surface area contributed by atoms with Crippen LogP contribution >= 0.6 is 11.6 Å². The van der Waals surface area contributed by atoms with E-state index in [1.165, 1.54) is 6.33 Å². The van der Waals surface area contributed by atoms with E-state index in [-0.39, 0.29) is 6.54 Å². The number of halogens is 1. The summed E-state index contributed by atoms with van der Waals surface area (Å²) in [6, 6.07) is 6.63. The Kier molecular flexibility index (Phi) is 5.11. The number of hydrogen-bond donors (Lipinski definition) is 4. The maximum Gasteiger partial charge on any atom is 0.143 e. The topological polar surface area (TPSA) is 117 Å². The molecule has 28 heavy (non-hydrogen) atoms. The molecule has 0 aliphatic heterocycles. The maximum atomic E-state index is 11.0. The highest BCUT2D eigenvalue weighted by Gasteiger charge is 2.46. The summed E-state index contributed by atoms with van der Waals surface area (Å²) in [5.41, 5.74) is 8.70. The zero-order valence-corrected chi connectivity index (χ0v) is 16.2. The number of nitrogens with two attached hydrogens (primary N) is 1. The lowest BCUT2D eigenvalue weighted by Crippen LogP contribution is -2.31. The first kappa shape index (κ1) is 19.3. The van der Waals surface area contributed by atoms with Crippen molar-refractivity contribution in [2.75, 3.05) is 0 Å². The molecule has 1 fully saturated rings. The van der Waals surface area contributed by atoms with Crippen LogP contribution in [0.15, 0.2) is 36.8 Å². The summed E-state index contributed by atoms with van der Waals surface area (Å²) < 4.78 is 1.86. The van der Waals surface area contributed by atoms with Gasteiger partial charge in [-0.3, -0.25) is 0 Å². The Labute approximate surface area is 167 Å². The van der Waals surface area contributed by atoms with Gasteiger partial charge in [0.2, 0.25) is 0 Å². The van der Waals surface area contributed by atoms with Crippen molar-refractivity contribution in [2.45, 2.75) is 44.2 Å². The van der Waals surface area contributed by atoms with Crippen LogP contribution in [-0.2, 0) is 6.54 Å². The molecule has 0 spiro atoms. The Morgan fingerprint density at radius 3 is 2.79 bits per heavy atom. The SMILES string of the molecule is Cc1ncnc2c1ccn2[C@@H]1C[C@H](C(O)c2ccc(Cl)cc2CN)[C@@H](O)[C@H]1O. The second kappa shape index (κ2) is 7.42. The number of rotatable bonds is 4. The summed E-state index contributed by atoms with van der Waals surface area (Å²) in [6.45, 7) is 2.12. The third kappa shape index (κ3) is 3.09. The van der Waals surface area contributed by atoms with Crippen LogP contribution in [-0.4, -0.2) is 42.1 Å². The van der Waals surface area contributed by atoms with E-state index < -0.39 is 30.3 Å². The van der Waals surface area contributed by atoms with Gasteiger partial charge in [-0.25, -0.2) is 9.97 Å². The molecule has 1 aliphatic rings. The van der Waals surface area contributed by atoms with Gasteiger partial charge in [-0.05, 0) is 42.7 Å². The van der Waals surface area contributed by atoms with Crippen LogP contribution in [0.4, 0.5) is 0 Å². The summed E-state index contributed by atoms with van der Waals surface area (Å²) in [5, 5.41) is 33.8. The molecule has 0 radical (unpaired) electrons. The lowest BCUT2D eigenvalue weighted by molar-refractivity contribution is -0.0266. The maximum absolute atomic E-state index is 11.0. The van der Waals surface area contributed by atoms with Crippen molar-refractivity contribution in [2.24, 2.45) is 11.7 Å². The second-order valence-electron chi connectivity index (χ2n) is 7.36. The highest BCUT2D eigenvalue weighted by atomic mass is 35.5. The van der Waals surface area contributed by atoms with E-state index in [2.05, 4.69) is 9.97 Å². The van der Waals surface area contributed by atoms with E-state index in [0.717, 1.165) is 16.6 Å². The Balaban J connectivity index is 1.67. The highest BCUT2D eigenvalue weighted by molar-refractivity contribution is 6.30. The van der Waals surface area contributed by atoms with Gasteiger partial charge in [-0.1, -0.05) is 17.7 Å². The van der Waals surface area contributed by atoms with Gasteiger partial charge in [0, 0.05) is 29.1 Å². The average Bonchev–Trinajstić information content (AvgIpc) is 3.24. The second-order valence-corrected chi connectivity index (χ2v) is 7.80. The molecule has 5 N–H and O–H groups in total. The number of nitrogens with zero attached hydrogens (tertiary/aromatic N) is 3. The number of benzene rings is 1. The zero-order chi connectivity index (χ0) is 20.0. The van der Waals surface area contributed by atoms with Gasteiger partial charge in [-0.15, -0.1) is 0 Å². The molecule has 0 amide bonds. The van der Waals surface area contributed by atoms with Crippen LogP contribution in [0.2, 0.25) is 5.02 Å². The normalized spacial score (nSPS) is 26.1. The molecule has 5 atom stereocenters. The molecule has 1 aliphatic carbocycles. The quantitative estimate of drug-likeness (QED) is 0.529. The van der Waals surface area contributed by atoms with Crippen molar-refractivity contribution in [3.8, 4) is 0 Å². The van der Waals surface area contributed by atoms with Gasteiger partial charge < -0.3 is 25.6 Å². The summed E-state index contributed by atoms with van der Waals surface area (Å²) >= 11 is 6.03. The highest BCUT2D eigenvalue weighted by Crippen LogP contribution is 2.43. The van der Waals surface area contributed by atoms with Gasteiger partial charge in [0.05, 0.1) is 23.9 Å². The lowest BCUT2D eigenvalue weighted by Gasteiger charge is -2.24. The number of aryl methyl sites for hydroxylation is 1. The molecule has 1 aromatic carbocycles. The minimum absolute atomic E-state index is 0.222. The van der Waals surface area contributed by atoms with Crippen LogP contribution in [0.5, 0.6) is 0 Å². The summed E-state index contributed by atoms with van der Waals surface area (Å²) in [5.74, 6) is -0.549. The molecular weight excluding hydrogens is 380 g/mol. The molecule has 0 saturated heterocycles. The van der Waals surface area contributed by atoms with Crippen molar-refractivity contribution < 1.29 is 15.3 Å². The molecule has 3 aromatic rings. The van der Waals surface area contributed by atoms with Crippen LogP contribution in [0.1, 0.15) is 35.4 Å². The Bertz CT molecular complexity index is 1010. The number of hydrogen-bond acceptors (Lipinski definition) is 6. The number of fused-ring (bicyclic) bond motifs is 1. The van der Waals surface area contributed by atoms with Crippen molar-refractivity contribution in [1.82, 2.24) is 14.5 Å². The summed E-state index contributed by atoms with van der Waals surface area (Å²) in [7, 11) is 0. The third-order valence-corrected chi connectivity index (χ3v) is 6.05. The van der Waals surface area contributed by atoms with Crippen LogP contribution < -0.4 is 5.73 Å².